The van der Waals surface area contributed by atoms with Crippen LogP contribution >= 0.6 is 0 Å². The second-order valence-electron chi connectivity index (χ2n) is 4.22. The van der Waals surface area contributed by atoms with Crippen molar-refractivity contribution in [3.05, 3.63) is 34.9 Å². The Morgan fingerprint density at radius 3 is 2.53 bits per heavy atom. The van der Waals surface area contributed by atoms with Gasteiger partial charge in [0.1, 0.15) is 6.04 Å². The summed E-state index contributed by atoms with van der Waals surface area (Å²) in [5, 5.41) is 2.19. The number of nitrogens with one attached hydrogen (secondary N) is 1. The van der Waals surface area contributed by atoms with Crippen LogP contribution in [-0.2, 0) is 4.74 Å². The quantitative estimate of drug-likeness (QED) is 0.821. The lowest BCUT2D eigenvalue weighted by Crippen LogP contribution is -2.50. The zero-order chi connectivity index (χ0) is 12.6. The Hall–Kier alpha value is -1.65. The van der Waals surface area contributed by atoms with E-state index >= 15 is 0 Å². The highest BCUT2D eigenvalue weighted by molar-refractivity contribution is 5.69. The maximum absolute atomic E-state index is 13.7. The molecule has 0 aromatic heterocycles. The summed E-state index contributed by atoms with van der Waals surface area (Å²) in [6.45, 7) is 2.62. The molecular formula is C12H13F2NO2. The first kappa shape index (κ1) is 11.8. The molecule has 0 bridgehead atoms. The third-order valence-electron chi connectivity index (χ3n) is 2.91. The Morgan fingerprint density at radius 2 is 1.94 bits per heavy atom. The van der Waals surface area contributed by atoms with Gasteiger partial charge in [0.2, 0.25) is 0 Å². The van der Waals surface area contributed by atoms with Crippen LogP contribution in [0, 0.1) is 13.8 Å². The van der Waals surface area contributed by atoms with E-state index in [4.69, 9.17) is 0 Å². The standard InChI is InChI=1S/C12H13F2NO2/c1-7-4-3-5-8(2)9(7)10-12(13,14)6-17-11(16)15-10/h3-5,10H,6H2,1-2H3,(H,15,16)/t10-/m0/s1. The third kappa shape index (κ3) is 2.09. The van der Waals surface area contributed by atoms with Crippen molar-refractivity contribution < 1.29 is 18.3 Å². The smallest absolute Gasteiger partial charge is 0.408 e. The lowest BCUT2D eigenvalue weighted by Gasteiger charge is -2.33. The first-order valence-corrected chi connectivity index (χ1v) is 5.29. The number of hydrogen-bond donors (Lipinski definition) is 1. The van der Waals surface area contributed by atoms with Crippen LogP contribution in [0.5, 0.6) is 0 Å². The molecule has 0 unspecified atom stereocenters. The van der Waals surface area contributed by atoms with Gasteiger partial charge in [-0.3, -0.25) is 0 Å². The predicted octanol–water partition coefficient (Wildman–Crippen LogP) is 2.72. The molecule has 1 saturated heterocycles. The topological polar surface area (TPSA) is 38.3 Å². The van der Waals surface area contributed by atoms with Crippen LogP contribution in [0.3, 0.4) is 0 Å². The Balaban J connectivity index is 2.46. The van der Waals surface area contributed by atoms with Crippen LogP contribution in [0.2, 0.25) is 0 Å². The molecule has 1 aliphatic heterocycles. The highest BCUT2D eigenvalue weighted by atomic mass is 19.3. The van der Waals surface area contributed by atoms with Crippen LogP contribution in [0.15, 0.2) is 18.2 Å². The molecule has 17 heavy (non-hydrogen) atoms. The van der Waals surface area contributed by atoms with Crippen molar-refractivity contribution in [2.75, 3.05) is 6.61 Å². The lowest BCUT2D eigenvalue weighted by atomic mass is 9.92. The van der Waals surface area contributed by atoms with Gasteiger partial charge in [-0.2, -0.15) is 0 Å². The molecule has 1 aliphatic rings. The van der Waals surface area contributed by atoms with E-state index in [0.717, 1.165) is 11.1 Å². The molecule has 2 rings (SSSR count). The van der Waals surface area contributed by atoms with E-state index in [2.05, 4.69) is 10.1 Å². The summed E-state index contributed by atoms with van der Waals surface area (Å²) in [4.78, 5) is 11.1. The zero-order valence-electron chi connectivity index (χ0n) is 9.59. The number of alkyl halides is 2. The van der Waals surface area contributed by atoms with E-state index in [9.17, 15) is 13.6 Å². The summed E-state index contributed by atoms with van der Waals surface area (Å²) in [7, 11) is 0. The zero-order valence-corrected chi connectivity index (χ0v) is 9.59. The van der Waals surface area contributed by atoms with E-state index in [1.807, 2.05) is 0 Å². The molecule has 1 amide bonds. The van der Waals surface area contributed by atoms with Crippen molar-refractivity contribution in [1.82, 2.24) is 5.32 Å². The summed E-state index contributed by atoms with van der Waals surface area (Å²) in [5.41, 5.74) is 1.93. The fourth-order valence-electron chi connectivity index (χ4n) is 2.08. The van der Waals surface area contributed by atoms with Crippen molar-refractivity contribution in [2.45, 2.75) is 25.8 Å². The molecule has 1 atom stereocenters. The maximum atomic E-state index is 13.7. The molecule has 0 saturated carbocycles. The van der Waals surface area contributed by atoms with Gasteiger partial charge < -0.3 is 10.1 Å². The van der Waals surface area contributed by atoms with E-state index in [1.165, 1.54) is 0 Å². The number of amides is 1. The van der Waals surface area contributed by atoms with Gasteiger partial charge in [0, 0.05) is 0 Å². The van der Waals surface area contributed by atoms with Gasteiger partial charge in [-0.1, -0.05) is 18.2 Å². The molecule has 0 spiro atoms. The van der Waals surface area contributed by atoms with Crippen LogP contribution in [0.4, 0.5) is 13.6 Å². The monoisotopic (exact) mass is 241 g/mol. The Morgan fingerprint density at radius 1 is 1.35 bits per heavy atom. The van der Waals surface area contributed by atoms with Crippen molar-refractivity contribution >= 4 is 6.09 Å². The van der Waals surface area contributed by atoms with Crippen LogP contribution in [0.25, 0.3) is 0 Å². The van der Waals surface area contributed by atoms with Gasteiger partial charge in [0.15, 0.2) is 6.61 Å². The largest absolute Gasteiger partial charge is 0.443 e. The molecule has 1 aromatic rings. The van der Waals surface area contributed by atoms with Crippen LogP contribution < -0.4 is 5.32 Å². The highest BCUT2D eigenvalue weighted by Gasteiger charge is 2.47. The average molecular weight is 241 g/mol. The van der Waals surface area contributed by atoms with E-state index in [0.29, 0.717) is 5.56 Å². The first-order chi connectivity index (χ1) is 7.92. The van der Waals surface area contributed by atoms with Gasteiger partial charge in [0.25, 0.3) is 0 Å². The first-order valence-electron chi connectivity index (χ1n) is 5.29. The Bertz CT molecular complexity index is 440. The number of halogens is 2. The predicted molar refractivity (Wildman–Crippen MR) is 58.1 cm³/mol. The number of alkyl carbamates (subject to hydrolysis) is 1. The van der Waals surface area contributed by atoms with Crippen molar-refractivity contribution in [3.63, 3.8) is 0 Å². The second-order valence-corrected chi connectivity index (χ2v) is 4.22. The van der Waals surface area contributed by atoms with Gasteiger partial charge in [0.05, 0.1) is 0 Å². The number of carbonyl (C=O) groups excluding carboxylic acids is 1. The molecule has 1 aromatic carbocycles. The fourth-order valence-corrected chi connectivity index (χ4v) is 2.08. The minimum absolute atomic E-state index is 0.467. The molecular weight excluding hydrogens is 228 g/mol. The van der Waals surface area contributed by atoms with Gasteiger partial charge in [-0.05, 0) is 30.5 Å². The van der Waals surface area contributed by atoms with Crippen LogP contribution in [0.1, 0.15) is 22.7 Å². The normalized spacial score (nSPS) is 22.8. The molecule has 3 nitrogen and oxygen atoms in total. The minimum Gasteiger partial charge on any atom is -0.443 e. The van der Waals surface area contributed by atoms with Crippen molar-refractivity contribution in [1.29, 1.82) is 0 Å². The summed E-state index contributed by atoms with van der Waals surface area (Å²) < 4.78 is 31.8. The molecule has 5 heteroatoms. The number of aryl methyl sites for hydroxylation is 2. The molecule has 1 fully saturated rings. The van der Waals surface area contributed by atoms with Gasteiger partial charge in [-0.15, -0.1) is 0 Å². The van der Waals surface area contributed by atoms with E-state index < -0.39 is 24.7 Å². The summed E-state index contributed by atoms with van der Waals surface area (Å²) in [6, 6.07) is 3.98. The Labute approximate surface area is 97.8 Å². The SMILES string of the molecule is Cc1cccc(C)c1[C@@H]1NC(=O)OCC1(F)F. The minimum atomic E-state index is -3.09. The third-order valence-corrected chi connectivity index (χ3v) is 2.91. The molecule has 0 aliphatic carbocycles. The summed E-state index contributed by atoms with van der Waals surface area (Å²) >= 11 is 0. The summed E-state index contributed by atoms with van der Waals surface area (Å²) in [5.74, 6) is -3.09. The highest BCUT2D eigenvalue weighted by Crippen LogP contribution is 2.37. The van der Waals surface area contributed by atoms with Crippen molar-refractivity contribution in [3.8, 4) is 0 Å². The summed E-state index contributed by atoms with van der Waals surface area (Å²) in [6.07, 6.45) is -0.802. The molecule has 0 radical (unpaired) electrons. The number of cyclic esters (lactones) is 1. The number of hydrogen-bond acceptors (Lipinski definition) is 2. The van der Waals surface area contributed by atoms with Crippen LogP contribution in [-0.4, -0.2) is 18.6 Å². The number of benzene rings is 1. The van der Waals surface area contributed by atoms with E-state index in [1.54, 1.807) is 32.0 Å². The van der Waals surface area contributed by atoms with Crippen molar-refractivity contribution in [2.24, 2.45) is 0 Å². The number of carbonyl (C=O) groups is 1. The molecule has 92 valence electrons. The fraction of sp³-hybridized carbons (Fsp3) is 0.417. The molecule has 1 heterocycles. The average Bonchev–Trinajstić information content (AvgIpc) is 2.23. The van der Waals surface area contributed by atoms with Gasteiger partial charge in [-0.25, -0.2) is 13.6 Å². The maximum Gasteiger partial charge on any atom is 0.408 e. The van der Waals surface area contributed by atoms with E-state index in [-0.39, 0.29) is 0 Å². The number of ether oxygens (including phenoxy) is 1. The lowest BCUT2D eigenvalue weighted by molar-refractivity contribution is -0.104. The Kier molecular flexibility index (Phi) is 2.77. The number of rotatable bonds is 1. The molecule has 1 N–H and O–H groups in total. The second kappa shape index (κ2) is 3.98. The van der Waals surface area contributed by atoms with Gasteiger partial charge >= 0.3 is 12.0 Å².